The molecule has 2 rings (SSSR count). The lowest BCUT2D eigenvalue weighted by molar-refractivity contribution is 0.647. The molecular formula is C14H18N4S. The summed E-state index contributed by atoms with van der Waals surface area (Å²) in [6.45, 7) is 4.44. The standard InChI is InChI=1S/C14H18N4S/c1-9(2)7-10-3-5-11(6-4-10)12-8-19-14(17-12)18-13(15)16/h3-6,8-9H,7H2,1-2H3,(H4,15,16,17,18). The van der Waals surface area contributed by atoms with Gasteiger partial charge in [-0.1, -0.05) is 38.1 Å². The minimum atomic E-state index is 0.0354. The fourth-order valence-electron chi connectivity index (χ4n) is 1.84. The summed E-state index contributed by atoms with van der Waals surface area (Å²) in [5.74, 6) is 0.701. The van der Waals surface area contributed by atoms with Crippen molar-refractivity contribution in [3.63, 3.8) is 0 Å². The summed E-state index contributed by atoms with van der Waals surface area (Å²) in [5.41, 5.74) is 14.0. The predicted octanol–water partition coefficient (Wildman–Crippen LogP) is 2.91. The van der Waals surface area contributed by atoms with Gasteiger partial charge in [0.25, 0.3) is 0 Å². The van der Waals surface area contributed by atoms with Crippen LogP contribution in [0.4, 0.5) is 5.13 Å². The van der Waals surface area contributed by atoms with Crippen molar-refractivity contribution < 1.29 is 0 Å². The highest BCUT2D eigenvalue weighted by molar-refractivity contribution is 7.13. The summed E-state index contributed by atoms with van der Waals surface area (Å²) in [6, 6.07) is 8.47. The highest BCUT2D eigenvalue weighted by Crippen LogP contribution is 2.27. The van der Waals surface area contributed by atoms with Gasteiger partial charge in [-0.2, -0.15) is 4.99 Å². The molecule has 4 N–H and O–H groups in total. The first kappa shape index (κ1) is 13.5. The second-order valence-electron chi connectivity index (χ2n) is 4.85. The minimum absolute atomic E-state index is 0.0354. The molecule has 4 nitrogen and oxygen atoms in total. The van der Waals surface area contributed by atoms with Crippen LogP contribution in [0.2, 0.25) is 0 Å². The third-order valence-corrected chi connectivity index (χ3v) is 3.34. The molecule has 19 heavy (non-hydrogen) atoms. The van der Waals surface area contributed by atoms with Gasteiger partial charge in [0.15, 0.2) is 5.96 Å². The van der Waals surface area contributed by atoms with E-state index in [0.29, 0.717) is 11.0 Å². The van der Waals surface area contributed by atoms with Crippen LogP contribution in [-0.4, -0.2) is 10.9 Å². The molecule has 1 heterocycles. The number of rotatable bonds is 4. The second kappa shape index (κ2) is 5.84. The molecule has 0 aliphatic rings. The second-order valence-corrected chi connectivity index (χ2v) is 5.68. The fourth-order valence-corrected chi connectivity index (χ4v) is 2.56. The van der Waals surface area contributed by atoms with Gasteiger partial charge in [0, 0.05) is 10.9 Å². The quantitative estimate of drug-likeness (QED) is 0.664. The highest BCUT2D eigenvalue weighted by Gasteiger charge is 2.05. The molecule has 0 atom stereocenters. The van der Waals surface area contributed by atoms with Gasteiger partial charge in [-0.3, -0.25) is 0 Å². The molecule has 1 aromatic carbocycles. The Bertz CT molecular complexity index is 565. The van der Waals surface area contributed by atoms with Crippen LogP contribution >= 0.6 is 11.3 Å². The van der Waals surface area contributed by atoms with E-state index in [-0.39, 0.29) is 5.96 Å². The molecule has 2 aromatic rings. The van der Waals surface area contributed by atoms with E-state index in [1.165, 1.54) is 16.9 Å². The Labute approximate surface area is 117 Å². The number of guanidine groups is 1. The van der Waals surface area contributed by atoms with Crippen LogP contribution in [0, 0.1) is 5.92 Å². The van der Waals surface area contributed by atoms with Gasteiger partial charge in [-0.15, -0.1) is 11.3 Å². The molecule has 0 radical (unpaired) electrons. The maximum Gasteiger partial charge on any atom is 0.212 e. The molecule has 0 unspecified atom stereocenters. The topological polar surface area (TPSA) is 77.3 Å². The molecule has 0 saturated heterocycles. The maximum absolute atomic E-state index is 5.33. The van der Waals surface area contributed by atoms with Crippen LogP contribution in [0.25, 0.3) is 11.3 Å². The molecule has 1 aromatic heterocycles. The lowest BCUT2D eigenvalue weighted by Crippen LogP contribution is -2.21. The number of hydrogen-bond donors (Lipinski definition) is 2. The summed E-state index contributed by atoms with van der Waals surface area (Å²) in [5, 5.41) is 2.54. The number of aliphatic imine (C=N–C) groups is 1. The lowest BCUT2D eigenvalue weighted by atomic mass is 10.0. The number of thiazole rings is 1. The van der Waals surface area contributed by atoms with Crippen LogP contribution in [0.5, 0.6) is 0 Å². The zero-order chi connectivity index (χ0) is 13.8. The summed E-state index contributed by atoms with van der Waals surface area (Å²) in [7, 11) is 0. The number of nitrogens with zero attached hydrogens (tertiary/aromatic N) is 2. The Balaban J connectivity index is 2.18. The number of aromatic nitrogens is 1. The van der Waals surface area contributed by atoms with Crippen molar-refractivity contribution in [2.75, 3.05) is 0 Å². The summed E-state index contributed by atoms with van der Waals surface area (Å²) >= 11 is 1.43. The van der Waals surface area contributed by atoms with E-state index in [4.69, 9.17) is 11.5 Å². The molecule has 0 fully saturated rings. The van der Waals surface area contributed by atoms with E-state index in [9.17, 15) is 0 Å². The van der Waals surface area contributed by atoms with Crippen molar-refractivity contribution in [1.29, 1.82) is 0 Å². The largest absolute Gasteiger partial charge is 0.370 e. The van der Waals surface area contributed by atoms with Gasteiger partial charge in [0.05, 0.1) is 5.69 Å². The van der Waals surface area contributed by atoms with Gasteiger partial charge in [0.2, 0.25) is 5.13 Å². The minimum Gasteiger partial charge on any atom is -0.370 e. The van der Waals surface area contributed by atoms with Crippen molar-refractivity contribution in [3.8, 4) is 11.3 Å². The van der Waals surface area contributed by atoms with Crippen molar-refractivity contribution in [2.24, 2.45) is 22.4 Å². The van der Waals surface area contributed by atoms with E-state index < -0.39 is 0 Å². The van der Waals surface area contributed by atoms with Crippen molar-refractivity contribution in [2.45, 2.75) is 20.3 Å². The van der Waals surface area contributed by atoms with E-state index in [1.807, 2.05) is 5.38 Å². The fraction of sp³-hybridized carbons (Fsp3) is 0.286. The molecular weight excluding hydrogens is 256 g/mol. The van der Waals surface area contributed by atoms with E-state index in [0.717, 1.165) is 17.7 Å². The Morgan fingerprint density at radius 2 is 1.95 bits per heavy atom. The van der Waals surface area contributed by atoms with Crippen LogP contribution in [0.15, 0.2) is 34.6 Å². The molecule has 0 spiro atoms. The molecule has 0 aliphatic carbocycles. The molecule has 0 aliphatic heterocycles. The number of hydrogen-bond acceptors (Lipinski definition) is 3. The zero-order valence-electron chi connectivity index (χ0n) is 11.1. The summed E-state index contributed by atoms with van der Waals surface area (Å²) in [6.07, 6.45) is 1.09. The smallest absolute Gasteiger partial charge is 0.212 e. The van der Waals surface area contributed by atoms with Gasteiger partial charge >= 0.3 is 0 Å². The Morgan fingerprint density at radius 3 is 2.53 bits per heavy atom. The first-order valence-corrected chi connectivity index (χ1v) is 7.07. The average Bonchev–Trinajstić information content (AvgIpc) is 2.76. The van der Waals surface area contributed by atoms with Crippen LogP contribution in [-0.2, 0) is 6.42 Å². The Hall–Kier alpha value is -1.88. The Morgan fingerprint density at radius 1 is 1.26 bits per heavy atom. The van der Waals surface area contributed by atoms with Gasteiger partial charge in [-0.05, 0) is 17.9 Å². The molecule has 0 amide bonds. The SMILES string of the molecule is CC(C)Cc1ccc(-c2csc(N=C(N)N)n2)cc1. The predicted molar refractivity (Wildman–Crippen MR) is 81.6 cm³/mol. The van der Waals surface area contributed by atoms with Crippen LogP contribution in [0.1, 0.15) is 19.4 Å². The highest BCUT2D eigenvalue weighted by atomic mass is 32.1. The van der Waals surface area contributed by atoms with Crippen molar-refractivity contribution in [1.82, 2.24) is 4.98 Å². The average molecular weight is 274 g/mol. The van der Waals surface area contributed by atoms with Gasteiger partial charge in [0.1, 0.15) is 0 Å². The monoisotopic (exact) mass is 274 g/mol. The summed E-state index contributed by atoms with van der Waals surface area (Å²) < 4.78 is 0. The van der Waals surface area contributed by atoms with Crippen molar-refractivity contribution >= 4 is 22.4 Å². The first-order chi connectivity index (χ1) is 9.04. The van der Waals surface area contributed by atoms with Gasteiger partial charge < -0.3 is 11.5 Å². The maximum atomic E-state index is 5.33. The zero-order valence-corrected chi connectivity index (χ0v) is 11.9. The Kier molecular flexibility index (Phi) is 4.16. The normalized spacial score (nSPS) is 10.7. The third kappa shape index (κ3) is 3.79. The third-order valence-electron chi connectivity index (χ3n) is 2.61. The summed E-state index contributed by atoms with van der Waals surface area (Å²) in [4.78, 5) is 8.32. The van der Waals surface area contributed by atoms with Crippen LogP contribution in [0.3, 0.4) is 0 Å². The number of benzene rings is 1. The molecule has 5 heteroatoms. The molecule has 0 saturated carbocycles. The molecule has 100 valence electrons. The molecule has 0 bridgehead atoms. The van der Waals surface area contributed by atoms with E-state index in [2.05, 4.69) is 48.1 Å². The lowest BCUT2D eigenvalue weighted by Gasteiger charge is -2.05. The van der Waals surface area contributed by atoms with E-state index >= 15 is 0 Å². The van der Waals surface area contributed by atoms with Gasteiger partial charge in [-0.25, -0.2) is 4.98 Å². The van der Waals surface area contributed by atoms with E-state index in [1.54, 1.807) is 0 Å². The first-order valence-electron chi connectivity index (χ1n) is 6.19. The van der Waals surface area contributed by atoms with Crippen molar-refractivity contribution in [3.05, 3.63) is 35.2 Å². The number of nitrogens with two attached hydrogens (primary N) is 2. The van der Waals surface area contributed by atoms with Crippen LogP contribution < -0.4 is 11.5 Å².